The molecule has 0 saturated carbocycles. The zero-order chi connectivity index (χ0) is 10.8. The number of nitrogens with one attached hydrogen (secondary N) is 1. The lowest BCUT2D eigenvalue weighted by Gasteiger charge is -2.04. The van der Waals surface area contributed by atoms with Crippen molar-refractivity contribution >= 4 is 21.9 Å². The van der Waals surface area contributed by atoms with Gasteiger partial charge in [0.2, 0.25) is 5.95 Å². The third-order valence-electron chi connectivity index (χ3n) is 1.85. The van der Waals surface area contributed by atoms with Gasteiger partial charge in [0.05, 0.1) is 10.7 Å². The summed E-state index contributed by atoms with van der Waals surface area (Å²) in [5.74, 6) is 1.34. The first-order chi connectivity index (χ1) is 7.19. The topological polar surface area (TPSA) is 55.6 Å². The maximum Gasteiger partial charge on any atom is 0.224 e. The van der Waals surface area contributed by atoms with Crippen molar-refractivity contribution in [2.45, 2.75) is 6.92 Å². The molecule has 0 fully saturated rings. The van der Waals surface area contributed by atoms with Crippen LogP contribution in [0, 0.1) is 6.92 Å². The first-order valence-electron chi connectivity index (χ1n) is 4.43. The second-order valence-corrected chi connectivity index (χ2v) is 3.96. The quantitative estimate of drug-likeness (QED) is 0.901. The van der Waals surface area contributed by atoms with Gasteiger partial charge < -0.3 is 5.32 Å². The van der Waals surface area contributed by atoms with E-state index in [1.54, 1.807) is 17.9 Å². The zero-order valence-electron chi connectivity index (χ0n) is 8.40. The van der Waals surface area contributed by atoms with Gasteiger partial charge >= 0.3 is 0 Å². The highest BCUT2D eigenvalue weighted by atomic mass is 79.9. The lowest BCUT2D eigenvalue weighted by molar-refractivity contribution is 0.836. The molecule has 6 heteroatoms. The Bertz CT molecular complexity index is 479. The molecule has 2 heterocycles. The van der Waals surface area contributed by atoms with Crippen molar-refractivity contribution in [3.05, 3.63) is 28.6 Å². The van der Waals surface area contributed by atoms with E-state index in [1.165, 1.54) is 0 Å². The summed E-state index contributed by atoms with van der Waals surface area (Å²) in [6.07, 6.45) is 3.57. The first-order valence-corrected chi connectivity index (χ1v) is 5.22. The van der Waals surface area contributed by atoms with E-state index >= 15 is 0 Å². The number of hydrogen-bond donors (Lipinski definition) is 1. The Labute approximate surface area is 95.7 Å². The van der Waals surface area contributed by atoms with Crippen molar-refractivity contribution < 1.29 is 0 Å². The summed E-state index contributed by atoms with van der Waals surface area (Å²) in [7, 11) is 1.79. The summed E-state index contributed by atoms with van der Waals surface area (Å²) in [5.41, 5.74) is 0.899. The molecule has 0 aliphatic carbocycles. The minimum absolute atomic E-state index is 0.594. The van der Waals surface area contributed by atoms with E-state index in [1.807, 2.05) is 19.2 Å². The number of anilines is 1. The molecule has 0 saturated heterocycles. The number of aryl methyl sites for hydroxylation is 1. The molecule has 0 radical (unpaired) electrons. The summed E-state index contributed by atoms with van der Waals surface area (Å²) in [6.45, 7) is 1.92. The van der Waals surface area contributed by atoms with Gasteiger partial charge in [-0.15, -0.1) is 0 Å². The van der Waals surface area contributed by atoms with Gasteiger partial charge in [-0.05, 0) is 22.9 Å². The number of halogens is 1. The van der Waals surface area contributed by atoms with Gasteiger partial charge in [0.15, 0.2) is 5.82 Å². The Morgan fingerprint density at radius 3 is 2.80 bits per heavy atom. The molecule has 0 spiro atoms. The second kappa shape index (κ2) is 3.98. The predicted molar refractivity (Wildman–Crippen MR) is 61.1 cm³/mol. The molecule has 0 aliphatic heterocycles. The van der Waals surface area contributed by atoms with E-state index in [0.29, 0.717) is 5.95 Å². The minimum Gasteiger partial charge on any atom is -0.357 e. The fourth-order valence-electron chi connectivity index (χ4n) is 1.21. The number of rotatable bonds is 2. The normalized spacial score (nSPS) is 10.3. The zero-order valence-corrected chi connectivity index (χ0v) is 9.98. The van der Waals surface area contributed by atoms with Gasteiger partial charge in [0.1, 0.15) is 0 Å². The highest BCUT2D eigenvalue weighted by Gasteiger charge is 2.03. The molecule has 2 aromatic heterocycles. The van der Waals surface area contributed by atoms with E-state index < -0.39 is 0 Å². The van der Waals surface area contributed by atoms with Gasteiger partial charge in [0.25, 0.3) is 0 Å². The molecule has 2 aromatic rings. The largest absolute Gasteiger partial charge is 0.357 e. The third-order valence-corrected chi connectivity index (χ3v) is 2.26. The van der Waals surface area contributed by atoms with Crippen LogP contribution in [0.15, 0.2) is 22.9 Å². The van der Waals surface area contributed by atoms with Crippen LogP contribution in [0.3, 0.4) is 0 Å². The number of hydrogen-bond acceptors (Lipinski definition) is 4. The van der Waals surface area contributed by atoms with Crippen molar-refractivity contribution in [2.75, 3.05) is 12.4 Å². The van der Waals surface area contributed by atoms with Gasteiger partial charge in [-0.3, -0.25) is 0 Å². The molecule has 0 bridgehead atoms. The average molecular weight is 268 g/mol. The molecule has 78 valence electrons. The SMILES string of the molecule is CNc1nc(C)cc(-n2cc(Br)cn2)n1. The number of nitrogens with zero attached hydrogens (tertiary/aromatic N) is 4. The molecule has 2 rings (SSSR count). The fraction of sp³-hybridized carbons (Fsp3) is 0.222. The van der Waals surface area contributed by atoms with Crippen LogP contribution in [0.1, 0.15) is 5.69 Å². The van der Waals surface area contributed by atoms with Crippen LogP contribution >= 0.6 is 15.9 Å². The highest BCUT2D eigenvalue weighted by Crippen LogP contribution is 2.12. The van der Waals surface area contributed by atoms with Crippen LogP contribution in [0.2, 0.25) is 0 Å². The van der Waals surface area contributed by atoms with Crippen LogP contribution in [-0.2, 0) is 0 Å². The standard InChI is InChI=1S/C9H10BrN5/c1-6-3-8(14-9(11-2)13-6)15-5-7(10)4-12-15/h3-5H,1-2H3,(H,11,13,14). The minimum atomic E-state index is 0.594. The molecule has 15 heavy (non-hydrogen) atoms. The summed E-state index contributed by atoms with van der Waals surface area (Å²) in [6, 6.07) is 1.88. The van der Waals surface area contributed by atoms with Gasteiger partial charge in [0, 0.05) is 25.0 Å². The maximum atomic E-state index is 4.29. The van der Waals surface area contributed by atoms with E-state index in [2.05, 4.69) is 36.3 Å². The van der Waals surface area contributed by atoms with E-state index in [0.717, 1.165) is 16.0 Å². The maximum absolute atomic E-state index is 4.29. The molecule has 5 nitrogen and oxygen atoms in total. The molecule has 0 aliphatic rings. The molecule has 0 atom stereocenters. The number of aromatic nitrogens is 4. The summed E-state index contributed by atoms with van der Waals surface area (Å²) in [5, 5.41) is 7.06. The second-order valence-electron chi connectivity index (χ2n) is 3.04. The smallest absolute Gasteiger partial charge is 0.224 e. The van der Waals surface area contributed by atoms with Gasteiger partial charge in [-0.1, -0.05) is 0 Å². The molecule has 0 unspecified atom stereocenters. The van der Waals surface area contributed by atoms with Crippen molar-refractivity contribution in [1.29, 1.82) is 0 Å². The van der Waals surface area contributed by atoms with E-state index in [-0.39, 0.29) is 0 Å². The van der Waals surface area contributed by atoms with Crippen molar-refractivity contribution in [1.82, 2.24) is 19.7 Å². The van der Waals surface area contributed by atoms with Crippen molar-refractivity contribution in [3.63, 3.8) is 0 Å². The van der Waals surface area contributed by atoms with E-state index in [4.69, 9.17) is 0 Å². The van der Waals surface area contributed by atoms with Crippen LogP contribution in [0.25, 0.3) is 5.82 Å². The Balaban J connectivity index is 2.48. The lowest BCUT2D eigenvalue weighted by Crippen LogP contribution is -2.04. The Morgan fingerprint density at radius 1 is 1.40 bits per heavy atom. The lowest BCUT2D eigenvalue weighted by atomic mass is 10.4. The molecule has 0 aromatic carbocycles. The summed E-state index contributed by atoms with van der Waals surface area (Å²) in [4.78, 5) is 8.50. The molecular formula is C9H10BrN5. The molecular weight excluding hydrogens is 258 g/mol. The monoisotopic (exact) mass is 267 g/mol. The first kappa shape index (κ1) is 10.1. The van der Waals surface area contributed by atoms with Crippen LogP contribution in [-0.4, -0.2) is 26.8 Å². The Hall–Kier alpha value is -1.43. The van der Waals surface area contributed by atoms with Crippen molar-refractivity contribution in [2.24, 2.45) is 0 Å². The Kier molecular flexibility index (Phi) is 2.68. The summed E-state index contributed by atoms with van der Waals surface area (Å²) < 4.78 is 2.62. The van der Waals surface area contributed by atoms with E-state index in [9.17, 15) is 0 Å². The molecule has 1 N–H and O–H groups in total. The predicted octanol–water partition coefficient (Wildman–Crippen LogP) is 1.77. The van der Waals surface area contributed by atoms with Gasteiger partial charge in [-0.2, -0.15) is 10.1 Å². The van der Waals surface area contributed by atoms with Crippen LogP contribution < -0.4 is 5.32 Å². The van der Waals surface area contributed by atoms with Gasteiger partial charge in [-0.25, -0.2) is 9.67 Å². The van der Waals surface area contributed by atoms with Crippen LogP contribution in [0.5, 0.6) is 0 Å². The Morgan fingerprint density at radius 2 is 2.20 bits per heavy atom. The third kappa shape index (κ3) is 2.15. The highest BCUT2D eigenvalue weighted by molar-refractivity contribution is 9.10. The van der Waals surface area contributed by atoms with Crippen molar-refractivity contribution in [3.8, 4) is 5.82 Å². The fourth-order valence-corrected chi connectivity index (χ4v) is 1.49. The molecule has 0 amide bonds. The van der Waals surface area contributed by atoms with Crippen LogP contribution in [0.4, 0.5) is 5.95 Å². The summed E-state index contributed by atoms with van der Waals surface area (Å²) >= 11 is 3.34. The average Bonchev–Trinajstić information content (AvgIpc) is 2.64.